The number of amides is 2. The third kappa shape index (κ3) is 4.02. The van der Waals surface area contributed by atoms with Gasteiger partial charge in [-0.3, -0.25) is 14.9 Å². The molecule has 1 unspecified atom stereocenters. The maximum atomic E-state index is 13.0. The Kier molecular flexibility index (Phi) is 5.58. The summed E-state index contributed by atoms with van der Waals surface area (Å²) in [5.74, 6) is -0.250. The Bertz CT molecular complexity index is 1180. The number of nitrogens with one attached hydrogen (secondary N) is 1. The molecule has 3 aromatic rings. The van der Waals surface area contributed by atoms with Crippen molar-refractivity contribution in [1.29, 1.82) is 5.26 Å². The van der Waals surface area contributed by atoms with E-state index < -0.39 is 5.92 Å². The number of hydrogen-bond donors (Lipinski definition) is 1. The molecule has 2 amide bonds. The van der Waals surface area contributed by atoms with Gasteiger partial charge in [0.1, 0.15) is 17.4 Å². The number of carbonyl (C=O) groups excluding carboxylic acids is 2. The number of benzene rings is 2. The summed E-state index contributed by atoms with van der Waals surface area (Å²) < 4.78 is 6.08. The molecule has 0 radical (unpaired) electrons. The first-order valence-electron chi connectivity index (χ1n) is 10.6. The molecular weight excluding hydrogens is 402 g/mol. The van der Waals surface area contributed by atoms with Gasteiger partial charge in [0.15, 0.2) is 0 Å². The van der Waals surface area contributed by atoms with E-state index in [-0.39, 0.29) is 35.2 Å². The Morgan fingerprint density at radius 3 is 2.19 bits per heavy atom. The van der Waals surface area contributed by atoms with E-state index in [4.69, 9.17) is 4.42 Å². The van der Waals surface area contributed by atoms with Crippen molar-refractivity contribution in [3.63, 3.8) is 0 Å². The SMILES string of the molecule is CC(C)(C)N1CC(C(=O)Nc2oc(-c3ccccc3)c(-c3ccccc3)c2C#N)CC1=O. The quantitative estimate of drug-likeness (QED) is 0.630. The van der Waals surface area contributed by atoms with Crippen LogP contribution in [0.15, 0.2) is 65.1 Å². The maximum absolute atomic E-state index is 13.0. The summed E-state index contributed by atoms with van der Waals surface area (Å²) >= 11 is 0. The molecule has 6 heteroatoms. The third-order valence-corrected chi connectivity index (χ3v) is 5.66. The van der Waals surface area contributed by atoms with E-state index in [1.807, 2.05) is 81.4 Å². The first-order chi connectivity index (χ1) is 15.3. The molecule has 2 aromatic carbocycles. The van der Waals surface area contributed by atoms with Crippen LogP contribution in [0.2, 0.25) is 0 Å². The average molecular weight is 428 g/mol. The Balaban J connectivity index is 1.71. The first-order valence-corrected chi connectivity index (χ1v) is 10.6. The van der Waals surface area contributed by atoms with Crippen LogP contribution in [-0.4, -0.2) is 28.8 Å². The van der Waals surface area contributed by atoms with Crippen LogP contribution in [0.25, 0.3) is 22.5 Å². The summed E-state index contributed by atoms with van der Waals surface area (Å²) in [6.45, 7) is 6.19. The fourth-order valence-electron chi connectivity index (χ4n) is 4.04. The highest BCUT2D eigenvalue weighted by atomic mass is 16.4. The molecule has 1 aliphatic rings. The fraction of sp³-hybridized carbons (Fsp3) is 0.269. The lowest BCUT2D eigenvalue weighted by Crippen LogP contribution is -2.42. The zero-order valence-corrected chi connectivity index (χ0v) is 18.4. The molecule has 0 aliphatic carbocycles. The van der Waals surface area contributed by atoms with E-state index in [2.05, 4.69) is 11.4 Å². The van der Waals surface area contributed by atoms with Crippen molar-refractivity contribution in [3.05, 3.63) is 66.2 Å². The van der Waals surface area contributed by atoms with Crippen molar-refractivity contribution in [2.24, 2.45) is 5.92 Å². The molecule has 2 heterocycles. The molecule has 32 heavy (non-hydrogen) atoms. The molecule has 4 rings (SSSR count). The molecule has 1 atom stereocenters. The van der Waals surface area contributed by atoms with Gasteiger partial charge in [0.25, 0.3) is 0 Å². The maximum Gasteiger partial charge on any atom is 0.232 e. The Labute approximate surface area is 187 Å². The molecule has 162 valence electrons. The van der Waals surface area contributed by atoms with Gasteiger partial charge in [-0.2, -0.15) is 5.26 Å². The summed E-state index contributed by atoms with van der Waals surface area (Å²) in [5.41, 5.74) is 2.17. The minimum absolute atomic E-state index is 0.0486. The van der Waals surface area contributed by atoms with Crippen LogP contribution in [0, 0.1) is 17.2 Å². The predicted octanol–water partition coefficient (Wildman–Crippen LogP) is 5.07. The second-order valence-electron chi connectivity index (χ2n) is 8.92. The van der Waals surface area contributed by atoms with Gasteiger partial charge in [-0.15, -0.1) is 0 Å². The summed E-state index contributed by atoms with van der Waals surface area (Å²) in [4.78, 5) is 27.2. The van der Waals surface area contributed by atoms with Crippen molar-refractivity contribution in [2.45, 2.75) is 32.7 Å². The average Bonchev–Trinajstić information content (AvgIpc) is 3.35. The number of furan rings is 1. The molecule has 0 bridgehead atoms. The van der Waals surface area contributed by atoms with E-state index in [1.54, 1.807) is 4.90 Å². The molecule has 0 spiro atoms. The zero-order valence-electron chi connectivity index (χ0n) is 18.4. The highest BCUT2D eigenvalue weighted by molar-refractivity contribution is 5.99. The van der Waals surface area contributed by atoms with Crippen molar-refractivity contribution < 1.29 is 14.0 Å². The topological polar surface area (TPSA) is 86.3 Å². The van der Waals surface area contributed by atoms with Gasteiger partial charge in [-0.05, 0) is 26.3 Å². The minimum Gasteiger partial charge on any atom is -0.438 e. The Morgan fingerprint density at radius 1 is 1.06 bits per heavy atom. The molecule has 1 N–H and O–H groups in total. The monoisotopic (exact) mass is 427 g/mol. The number of nitriles is 1. The zero-order chi connectivity index (χ0) is 22.9. The summed E-state index contributed by atoms with van der Waals surface area (Å²) in [5, 5.41) is 12.8. The van der Waals surface area contributed by atoms with E-state index in [0.717, 1.165) is 11.1 Å². The van der Waals surface area contributed by atoms with Crippen LogP contribution in [-0.2, 0) is 9.59 Å². The first kappa shape index (κ1) is 21.4. The molecule has 1 saturated heterocycles. The fourth-order valence-corrected chi connectivity index (χ4v) is 4.04. The van der Waals surface area contributed by atoms with Crippen molar-refractivity contribution >= 4 is 17.7 Å². The summed E-state index contributed by atoms with van der Waals surface area (Å²) in [6, 6.07) is 21.2. The molecule has 1 aliphatic heterocycles. The van der Waals surface area contributed by atoms with Crippen LogP contribution in [0.5, 0.6) is 0 Å². The van der Waals surface area contributed by atoms with Gasteiger partial charge in [0, 0.05) is 29.6 Å². The lowest BCUT2D eigenvalue weighted by atomic mass is 9.98. The second kappa shape index (κ2) is 8.35. The number of carbonyl (C=O) groups is 2. The number of hydrogen-bond acceptors (Lipinski definition) is 4. The smallest absolute Gasteiger partial charge is 0.232 e. The highest BCUT2D eigenvalue weighted by Crippen LogP contribution is 2.41. The van der Waals surface area contributed by atoms with Crippen LogP contribution >= 0.6 is 0 Å². The van der Waals surface area contributed by atoms with Crippen molar-refractivity contribution in [2.75, 3.05) is 11.9 Å². The number of likely N-dealkylation sites (tertiary alicyclic amines) is 1. The standard InChI is InChI=1S/C26H25N3O3/c1-26(2,3)29-16-19(14-21(29)30)24(31)28-25-20(15-27)22(17-10-6-4-7-11-17)23(32-25)18-12-8-5-9-13-18/h4-13,19H,14,16H2,1-3H3,(H,28,31). The summed E-state index contributed by atoms with van der Waals surface area (Å²) in [7, 11) is 0. The number of anilines is 1. The van der Waals surface area contributed by atoms with Gasteiger partial charge in [-0.25, -0.2) is 0 Å². The molecule has 0 saturated carbocycles. The van der Waals surface area contributed by atoms with Gasteiger partial charge in [-0.1, -0.05) is 60.7 Å². The second-order valence-corrected chi connectivity index (χ2v) is 8.92. The molecular formula is C26H25N3O3. The van der Waals surface area contributed by atoms with Gasteiger partial charge < -0.3 is 9.32 Å². The van der Waals surface area contributed by atoms with Crippen LogP contribution in [0.4, 0.5) is 5.88 Å². The predicted molar refractivity (Wildman–Crippen MR) is 122 cm³/mol. The number of nitrogens with zero attached hydrogens (tertiary/aromatic N) is 2. The molecule has 1 aromatic heterocycles. The minimum atomic E-state index is -0.501. The van der Waals surface area contributed by atoms with Gasteiger partial charge in [0.05, 0.1) is 5.92 Å². The molecule has 1 fully saturated rings. The number of rotatable bonds is 4. The summed E-state index contributed by atoms with van der Waals surface area (Å²) in [6.07, 6.45) is 0.142. The van der Waals surface area contributed by atoms with Crippen molar-refractivity contribution in [1.82, 2.24) is 4.90 Å². The molecule has 6 nitrogen and oxygen atoms in total. The van der Waals surface area contributed by atoms with E-state index in [9.17, 15) is 14.9 Å². The lowest BCUT2D eigenvalue weighted by molar-refractivity contribution is -0.131. The van der Waals surface area contributed by atoms with E-state index in [1.165, 1.54) is 0 Å². The highest BCUT2D eigenvalue weighted by Gasteiger charge is 2.40. The van der Waals surface area contributed by atoms with E-state index >= 15 is 0 Å². The largest absolute Gasteiger partial charge is 0.438 e. The van der Waals surface area contributed by atoms with Crippen LogP contribution in [0.3, 0.4) is 0 Å². The van der Waals surface area contributed by atoms with Crippen molar-refractivity contribution in [3.8, 4) is 28.5 Å². The Hall–Kier alpha value is -3.85. The Morgan fingerprint density at radius 2 is 1.66 bits per heavy atom. The van der Waals surface area contributed by atoms with Gasteiger partial charge in [0.2, 0.25) is 17.7 Å². The normalized spacial score (nSPS) is 16.1. The van der Waals surface area contributed by atoms with Crippen LogP contribution in [0.1, 0.15) is 32.8 Å². The lowest BCUT2D eigenvalue weighted by Gasteiger charge is -2.31. The van der Waals surface area contributed by atoms with E-state index in [0.29, 0.717) is 17.9 Å². The van der Waals surface area contributed by atoms with Gasteiger partial charge >= 0.3 is 0 Å². The van der Waals surface area contributed by atoms with Crippen LogP contribution < -0.4 is 5.32 Å². The third-order valence-electron chi connectivity index (χ3n) is 5.66.